The van der Waals surface area contributed by atoms with Crippen LogP contribution < -0.4 is 5.32 Å². The van der Waals surface area contributed by atoms with E-state index in [1.807, 2.05) is 0 Å². The van der Waals surface area contributed by atoms with Gasteiger partial charge in [0.1, 0.15) is 17.1 Å². The summed E-state index contributed by atoms with van der Waals surface area (Å²) in [6.45, 7) is 0. The van der Waals surface area contributed by atoms with E-state index in [9.17, 15) is 23.1 Å². The van der Waals surface area contributed by atoms with Gasteiger partial charge in [-0.3, -0.25) is 0 Å². The van der Waals surface area contributed by atoms with Gasteiger partial charge in [-0.1, -0.05) is 31.7 Å². The lowest BCUT2D eigenvalue weighted by molar-refractivity contribution is -0.142. The fourth-order valence-electron chi connectivity index (χ4n) is 2.63. The fourth-order valence-corrected chi connectivity index (χ4v) is 2.63. The molecule has 1 aliphatic rings. The van der Waals surface area contributed by atoms with E-state index in [4.69, 9.17) is 0 Å². The average molecular weight is 302 g/mol. The van der Waals surface area contributed by atoms with Gasteiger partial charge in [0.15, 0.2) is 0 Å². The van der Waals surface area contributed by atoms with Crippen molar-refractivity contribution in [2.24, 2.45) is 0 Å². The molecule has 1 saturated carbocycles. The second-order valence-corrected chi connectivity index (χ2v) is 5.33. The van der Waals surface area contributed by atoms with Gasteiger partial charge in [-0.05, 0) is 25.0 Å². The maximum absolute atomic E-state index is 12.7. The average Bonchev–Trinajstić information content (AvgIpc) is 2.65. The molecule has 0 aliphatic heterocycles. The number of pyridine rings is 1. The minimum absolute atomic E-state index is 0.0471. The third kappa shape index (κ3) is 3.65. The highest BCUT2D eigenvalue weighted by Gasteiger charge is 2.39. The number of carbonyl (C=O) groups is 1. The van der Waals surface area contributed by atoms with Crippen molar-refractivity contribution in [2.45, 2.75) is 50.2 Å². The number of nitrogens with one attached hydrogen (secondary N) is 1. The Balaban J connectivity index is 2.27. The summed E-state index contributed by atoms with van der Waals surface area (Å²) in [5, 5.41) is 12.2. The molecule has 0 saturated heterocycles. The number of hydrogen-bond donors (Lipinski definition) is 2. The molecule has 7 heteroatoms. The van der Waals surface area contributed by atoms with Crippen LogP contribution in [-0.2, 0) is 11.0 Å². The lowest BCUT2D eigenvalue weighted by Gasteiger charge is -2.30. The van der Waals surface area contributed by atoms with Crippen molar-refractivity contribution in [3.05, 3.63) is 23.9 Å². The van der Waals surface area contributed by atoms with Gasteiger partial charge in [0.25, 0.3) is 0 Å². The third-order valence-corrected chi connectivity index (χ3v) is 3.77. The Morgan fingerprint density at radius 3 is 2.33 bits per heavy atom. The molecule has 2 rings (SSSR count). The zero-order chi connectivity index (χ0) is 15.5. The number of alkyl halides is 3. The highest BCUT2D eigenvalue weighted by Crippen LogP contribution is 2.32. The Bertz CT molecular complexity index is 509. The zero-order valence-electron chi connectivity index (χ0n) is 11.4. The van der Waals surface area contributed by atoms with Gasteiger partial charge >= 0.3 is 12.1 Å². The van der Waals surface area contributed by atoms with Gasteiger partial charge in [0.05, 0.1) is 0 Å². The number of halogens is 3. The molecule has 0 radical (unpaired) electrons. The monoisotopic (exact) mass is 302 g/mol. The van der Waals surface area contributed by atoms with Crippen molar-refractivity contribution < 1.29 is 23.1 Å². The number of nitrogens with zero attached hydrogens (tertiary/aromatic N) is 1. The maximum atomic E-state index is 12.7. The molecule has 1 heterocycles. The SMILES string of the molecule is O=C(O)C1(Nc2cccc(C(F)(F)F)n2)CCCCCC1. The molecule has 1 fully saturated rings. The van der Waals surface area contributed by atoms with Crippen molar-refractivity contribution in [3.8, 4) is 0 Å². The summed E-state index contributed by atoms with van der Waals surface area (Å²) >= 11 is 0. The predicted octanol–water partition coefficient (Wildman–Crippen LogP) is 3.69. The molecule has 0 spiro atoms. The molecule has 0 bridgehead atoms. The molecular formula is C14H17F3N2O2. The molecule has 21 heavy (non-hydrogen) atoms. The van der Waals surface area contributed by atoms with Crippen LogP contribution in [0.2, 0.25) is 0 Å². The van der Waals surface area contributed by atoms with E-state index >= 15 is 0 Å². The first kappa shape index (κ1) is 15.6. The first-order valence-electron chi connectivity index (χ1n) is 6.89. The summed E-state index contributed by atoms with van der Waals surface area (Å²) in [7, 11) is 0. The highest BCUT2D eigenvalue weighted by molar-refractivity contribution is 5.82. The molecule has 0 amide bonds. The van der Waals surface area contributed by atoms with E-state index in [0.717, 1.165) is 31.7 Å². The number of carboxylic acids is 1. The van der Waals surface area contributed by atoms with Crippen LogP contribution >= 0.6 is 0 Å². The van der Waals surface area contributed by atoms with Crippen LogP contribution in [0.15, 0.2) is 18.2 Å². The van der Waals surface area contributed by atoms with Gasteiger partial charge in [-0.25, -0.2) is 9.78 Å². The largest absolute Gasteiger partial charge is 0.480 e. The standard InChI is InChI=1S/C14H17F3N2O2/c15-14(16,17)10-6-5-7-11(18-10)19-13(12(20)21)8-3-1-2-4-9-13/h5-7H,1-4,8-9H2,(H,18,19)(H,20,21). The number of aliphatic carboxylic acids is 1. The second kappa shape index (κ2) is 5.91. The van der Waals surface area contributed by atoms with Crippen LogP contribution in [0.1, 0.15) is 44.2 Å². The summed E-state index contributed by atoms with van der Waals surface area (Å²) in [6.07, 6.45) is -0.423. The smallest absolute Gasteiger partial charge is 0.433 e. The molecule has 116 valence electrons. The summed E-state index contributed by atoms with van der Waals surface area (Å²) in [4.78, 5) is 15.1. The Morgan fingerprint density at radius 2 is 1.81 bits per heavy atom. The number of aromatic nitrogens is 1. The Kier molecular flexibility index (Phi) is 4.39. The molecule has 1 aliphatic carbocycles. The Labute approximate surface area is 120 Å². The fraction of sp³-hybridized carbons (Fsp3) is 0.571. The van der Waals surface area contributed by atoms with Crippen LogP contribution in [0, 0.1) is 0 Å². The maximum Gasteiger partial charge on any atom is 0.433 e. The summed E-state index contributed by atoms with van der Waals surface area (Å²) < 4.78 is 38.0. The van der Waals surface area contributed by atoms with Gasteiger partial charge in [-0.2, -0.15) is 13.2 Å². The molecule has 1 aromatic heterocycles. The summed E-state index contributed by atoms with van der Waals surface area (Å²) in [5.41, 5.74) is -2.25. The summed E-state index contributed by atoms with van der Waals surface area (Å²) in [6, 6.07) is 3.46. The van der Waals surface area contributed by atoms with Crippen molar-refractivity contribution in [1.29, 1.82) is 0 Å². The van der Waals surface area contributed by atoms with Crippen LogP contribution in [0.3, 0.4) is 0 Å². The van der Waals surface area contributed by atoms with E-state index in [-0.39, 0.29) is 5.82 Å². The first-order chi connectivity index (χ1) is 9.83. The number of rotatable bonds is 3. The highest BCUT2D eigenvalue weighted by atomic mass is 19.4. The van der Waals surface area contributed by atoms with E-state index in [1.165, 1.54) is 12.1 Å². The number of anilines is 1. The molecule has 4 nitrogen and oxygen atoms in total. The van der Waals surface area contributed by atoms with E-state index in [1.54, 1.807) is 0 Å². The Hall–Kier alpha value is -1.79. The normalized spacial score (nSPS) is 18.8. The van der Waals surface area contributed by atoms with Crippen molar-refractivity contribution in [3.63, 3.8) is 0 Å². The van der Waals surface area contributed by atoms with Crippen LogP contribution in [0.4, 0.5) is 19.0 Å². The van der Waals surface area contributed by atoms with Crippen molar-refractivity contribution in [1.82, 2.24) is 4.98 Å². The lowest BCUT2D eigenvalue weighted by Crippen LogP contribution is -2.46. The van der Waals surface area contributed by atoms with E-state index in [0.29, 0.717) is 12.8 Å². The summed E-state index contributed by atoms with van der Waals surface area (Å²) in [5.74, 6) is -1.09. The van der Waals surface area contributed by atoms with E-state index in [2.05, 4.69) is 10.3 Å². The van der Waals surface area contributed by atoms with Gasteiger partial charge in [0.2, 0.25) is 0 Å². The van der Waals surface area contributed by atoms with Crippen molar-refractivity contribution >= 4 is 11.8 Å². The molecule has 0 unspecified atom stereocenters. The molecular weight excluding hydrogens is 285 g/mol. The third-order valence-electron chi connectivity index (χ3n) is 3.77. The first-order valence-corrected chi connectivity index (χ1v) is 6.89. The van der Waals surface area contributed by atoms with Gasteiger partial charge < -0.3 is 10.4 Å². The second-order valence-electron chi connectivity index (χ2n) is 5.33. The zero-order valence-corrected chi connectivity index (χ0v) is 11.4. The Morgan fingerprint density at radius 1 is 1.19 bits per heavy atom. The van der Waals surface area contributed by atoms with Gasteiger partial charge in [0, 0.05) is 0 Å². The molecule has 2 N–H and O–H groups in total. The minimum Gasteiger partial charge on any atom is -0.480 e. The minimum atomic E-state index is -4.54. The number of hydrogen-bond acceptors (Lipinski definition) is 3. The van der Waals surface area contributed by atoms with Crippen LogP contribution in [-0.4, -0.2) is 21.6 Å². The lowest BCUT2D eigenvalue weighted by atomic mass is 9.90. The predicted molar refractivity (Wildman–Crippen MR) is 70.9 cm³/mol. The molecule has 0 aromatic carbocycles. The number of carboxylic acid groups (broad SMARTS) is 1. The van der Waals surface area contributed by atoms with E-state index < -0.39 is 23.4 Å². The van der Waals surface area contributed by atoms with Crippen LogP contribution in [0.25, 0.3) is 0 Å². The topological polar surface area (TPSA) is 62.2 Å². The van der Waals surface area contributed by atoms with Gasteiger partial charge in [-0.15, -0.1) is 0 Å². The molecule has 1 aromatic rings. The molecule has 0 atom stereocenters. The van der Waals surface area contributed by atoms with Crippen molar-refractivity contribution in [2.75, 3.05) is 5.32 Å². The quantitative estimate of drug-likeness (QED) is 0.836. The van der Waals surface area contributed by atoms with Crippen LogP contribution in [0.5, 0.6) is 0 Å².